The molecule has 0 bridgehead atoms. The number of unbranched alkanes of at least 4 members (excludes halogenated alkanes) is 1. The number of fused-ring (bicyclic) bond motifs is 3. The Morgan fingerprint density at radius 1 is 0.981 bits per heavy atom. The Bertz CT molecular complexity index is 2270. The number of ether oxygens (including phenoxy) is 1. The van der Waals surface area contributed by atoms with Gasteiger partial charge in [0.25, 0.3) is 0 Å². The molecule has 1 atom stereocenters. The summed E-state index contributed by atoms with van der Waals surface area (Å²) in [6, 6.07) is 10.4. The van der Waals surface area contributed by atoms with Gasteiger partial charge in [-0.25, -0.2) is 15.0 Å². The monoisotopic (exact) mass is 699 g/mol. The number of benzene rings is 2. The van der Waals surface area contributed by atoms with Crippen molar-refractivity contribution in [1.29, 1.82) is 0 Å². The standard InChI is InChI=1S/C41H49N9O2/c1-5-28-22-34-38-36(23-28)52-26-31(50(38)41(42-4)44-34)14-12-18-48-37-30(13-8-11-17-47-15-9-7-10-16-47)20-29(25-51)21-32(37)33-24-43-39(45-40(33)48)35-19-27(3)46-49(35)6-2/h5,19-25,31H,1,6-18,26H2,2-4H3,(H,42,44). The second kappa shape index (κ2) is 14.5. The predicted octanol–water partition coefficient (Wildman–Crippen LogP) is 7.85. The summed E-state index contributed by atoms with van der Waals surface area (Å²) >= 11 is 0. The van der Waals surface area contributed by atoms with Crippen LogP contribution in [-0.2, 0) is 19.5 Å². The molecule has 2 aliphatic rings. The summed E-state index contributed by atoms with van der Waals surface area (Å²) in [7, 11) is 1.92. The molecule has 52 heavy (non-hydrogen) atoms. The van der Waals surface area contributed by atoms with Gasteiger partial charge in [-0.3, -0.25) is 9.48 Å². The van der Waals surface area contributed by atoms with Crippen molar-refractivity contribution in [1.82, 2.24) is 38.8 Å². The summed E-state index contributed by atoms with van der Waals surface area (Å²) < 4.78 is 13.0. The van der Waals surface area contributed by atoms with Gasteiger partial charge in [0.2, 0.25) is 5.95 Å². The lowest BCUT2D eigenvalue weighted by molar-refractivity contribution is 0.112. The smallest absolute Gasteiger partial charge is 0.204 e. The molecule has 270 valence electrons. The molecule has 0 radical (unpaired) electrons. The number of nitrogens with one attached hydrogen (secondary N) is 1. The van der Waals surface area contributed by atoms with E-state index in [0.717, 1.165) is 120 Å². The van der Waals surface area contributed by atoms with Crippen LogP contribution < -0.4 is 10.1 Å². The van der Waals surface area contributed by atoms with E-state index in [0.29, 0.717) is 18.0 Å². The lowest BCUT2D eigenvalue weighted by Crippen LogP contribution is -2.30. The van der Waals surface area contributed by atoms with Crippen molar-refractivity contribution < 1.29 is 9.53 Å². The van der Waals surface area contributed by atoms with Crippen molar-refractivity contribution in [2.45, 2.75) is 84.3 Å². The van der Waals surface area contributed by atoms with Crippen LogP contribution >= 0.6 is 0 Å². The lowest BCUT2D eigenvalue weighted by atomic mass is 10.0. The number of aldehydes is 1. The number of rotatable bonds is 14. The first-order chi connectivity index (χ1) is 25.5. The van der Waals surface area contributed by atoms with Crippen molar-refractivity contribution in [3.63, 3.8) is 0 Å². The van der Waals surface area contributed by atoms with Gasteiger partial charge < -0.3 is 24.1 Å². The molecular weight excluding hydrogens is 651 g/mol. The van der Waals surface area contributed by atoms with Crippen LogP contribution in [0.15, 0.2) is 43.1 Å². The van der Waals surface area contributed by atoms with Crippen LogP contribution in [0, 0.1) is 6.92 Å². The number of aryl methyl sites for hydroxylation is 4. The SMILES string of the molecule is C=Cc1cc2c3c(c1)nc(NC)n3C(CCCn1c3nc(-c4cc(C)nn4CC)ncc3c3cc(C=O)cc(CCCCN4CCCCC4)c31)CO2. The van der Waals surface area contributed by atoms with Crippen molar-refractivity contribution in [3.05, 3.63) is 65.5 Å². The van der Waals surface area contributed by atoms with Gasteiger partial charge in [-0.1, -0.05) is 19.1 Å². The number of hydrogen-bond donors (Lipinski definition) is 1. The lowest BCUT2D eigenvalue weighted by Gasteiger charge is -2.27. The Hall–Kier alpha value is -5.03. The Kier molecular flexibility index (Phi) is 9.53. The minimum Gasteiger partial charge on any atom is -0.489 e. The van der Waals surface area contributed by atoms with Crippen molar-refractivity contribution >= 4 is 51.3 Å². The fourth-order valence-corrected chi connectivity index (χ4v) is 8.45. The van der Waals surface area contributed by atoms with Gasteiger partial charge in [0, 0.05) is 42.7 Å². The number of carbonyl (C=O) groups is 1. The molecule has 0 aliphatic carbocycles. The molecule has 1 saturated heterocycles. The van der Waals surface area contributed by atoms with Crippen LogP contribution in [0.3, 0.4) is 0 Å². The van der Waals surface area contributed by atoms with Crippen LogP contribution in [0.2, 0.25) is 0 Å². The van der Waals surface area contributed by atoms with Crippen molar-refractivity contribution in [2.75, 3.05) is 38.6 Å². The number of hydrogen-bond acceptors (Lipinski definition) is 8. The first-order valence-corrected chi connectivity index (χ1v) is 19.0. The fraction of sp³-hybridized carbons (Fsp3) is 0.439. The van der Waals surface area contributed by atoms with Crippen LogP contribution in [0.4, 0.5) is 5.95 Å². The summed E-state index contributed by atoms with van der Waals surface area (Å²) in [4.78, 5) is 29.9. The molecule has 1 unspecified atom stereocenters. The van der Waals surface area contributed by atoms with Crippen LogP contribution in [0.1, 0.15) is 85.1 Å². The average molecular weight is 700 g/mol. The number of piperidine rings is 1. The summed E-state index contributed by atoms with van der Waals surface area (Å²) in [6.07, 6.45) is 13.6. The fourth-order valence-electron chi connectivity index (χ4n) is 8.45. The number of anilines is 1. The van der Waals surface area contributed by atoms with Gasteiger partial charge in [0.15, 0.2) is 5.82 Å². The van der Waals surface area contributed by atoms with Gasteiger partial charge >= 0.3 is 0 Å². The Morgan fingerprint density at radius 2 is 1.85 bits per heavy atom. The number of carbonyl (C=O) groups excluding carboxylic acids is 1. The molecule has 8 rings (SSSR count). The Morgan fingerprint density at radius 3 is 2.63 bits per heavy atom. The molecule has 0 saturated carbocycles. The van der Waals surface area contributed by atoms with E-state index >= 15 is 0 Å². The normalized spacial score (nSPS) is 16.2. The molecule has 1 N–H and O–H groups in total. The quantitative estimate of drug-likeness (QED) is 0.0905. The molecule has 4 aromatic heterocycles. The van der Waals surface area contributed by atoms with Crippen molar-refractivity contribution in [3.8, 4) is 17.3 Å². The molecule has 0 spiro atoms. The highest BCUT2D eigenvalue weighted by Crippen LogP contribution is 2.39. The van der Waals surface area contributed by atoms with Gasteiger partial charge in [-0.05, 0) is 120 Å². The van der Waals surface area contributed by atoms with E-state index in [-0.39, 0.29) is 6.04 Å². The maximum atomic E-state index is 12.3. The van der Waals surface area contributed by atoms with E-state index in [2.05, 4.69) is 56.2 Å². The third kappa shape index (κ3) is 6.25. The van der Waals surface area contributed by atoms with Crippen LogP contribution in [0.5, 0.6) is 5.75 Å². The largest absolute Gasteiger partial charge is 0.489 e. The maximum absolute atomic E-state index is 12.3. The van der Waals surface area contributed by atoms with Crippen LogP contribution in [0.25, 0.3) is 50.6 Å². The first-order valence-electron chi connectivity index (χ1n) is 19.0. The highest BCUT2D eigenvalue weighted by Gasteiger charge is 2.27. The number of likely N-dealkylation sites (tertiary alicyclic amines) is 1. The third-order valence-electron chi connectivity index (χ3n) is 10.9. The summed E-state index contributed by atoms with van der Waals surface area (Å²) in [5, 5.41) is 10.0. The topological polar surface area (TPSA) is 108 Å². The number of aromatic nitrogens is 7. The molecule has 1 fully saturated rings. The van der Waals surface area contributed by atoms with Gasteiger partial charge in [-0.15, -0.1) is 0 Å². The summed E-state index contributed by atoms with van der Waals surface area (Å²) in [5.41, 5.74) is 8.73. The first kappa shape index (κ1) is 34.1. The second-order valence-electron chi connectivity index (χ2n) is 14.4. The third-order valence-corrected chi connectivity index (χ3v) is 10.9. The van der Waals surface area contributed by atoms with Crippen LogP contribution in [-0.4, -0.2) is 78.3 Å². The average Bonchev–Trinajstić information content (AvgIpc) is 3.85. The van der Waals surface area contributed by atoms with Crippen molar-refractivity contribution in [2.24, 2.45) is 0 Å². The van der Waals surface area contributed by atoms with Gasteiger partial charge in [0.1, 0.15) is 35.5 Å². The highest BCUT2D eigenvalue weighted by atomic mass is 16.5. The van der Waals surface area contributed by atoms with E-state index in [1.54, 1.807) is 0 Å². The molecule has 11 heteroatoms. The summed E-state index contributed by atoms with van der Waals surface area (Å²) in [6.45, 7) is 13.7. The van der Waals surface area contributed by atoms with E-state index in [9.17, 15) is 4.79 Å². The Balaban J connectivity index is 1.16. The molecule has 11 nitrogen and oxygen atoms in total. The zero-order valence-electron chi connectivity index (χ0n) is 30.7. The molecule has 6 heterocycles. The van der Waals surface area contributed by atoms with E-state index in [1.807, 2.05) is 43.1 Å². The van der Waals surface area contributed by atoms with E-state index in [4.69, 9.17) is 19.7 Å². The van der Waals surface area contributed by atoms with E-state index < -0.39 is 0 Å². The minimum atomic E-state index is 0.116. The minimum absolute atomic E-state index is 0.116. The number of nitrogens with zero attached hydrogens (tertiary/aromatic N) is 8. The summed E-state index contributed by atoms with van der Waals surface area (Å²) in [5.74, 6) is 2.35. The zero-order valence-corrected chi connectivity index (χ0v) is 30.7. The van der Waals surface area contributed by atoms with Gasteiger partial charge in [-0.2, -0.15) is 5.10 Å². The Labute approximate surface area is 304 Å². The second-order valence-corrected chi connectivity index (χ2v) is 14.4. The van der Waals surface area contributed by atoms with E-state index in [1.165, 1.54) is 37.9 Å². The molecule has 6 aromatic rings. The molecule has 0 amide bonds. The highest BCUT2D eigenvalue weighted by molar-refractivity contribution is 6.09. The number of imidazole rings is 1. The molecule has 2 aliphatic heterocycles. The molecule has 2 aromatic carbocycles. The predicted molar refractivity (Wildman–Crippen MR) is 208 cm³/mol. The van der Waals surface area contributed by atoms with Gasteiger partial charge in [0.05, 0.1) is 22.8 Å². The maximum Gasteiger partial charge on any atom is 0.204 e. The zero-order chi connectivity index (χ0) is 35.8. The molecular formula is C41H49N9O2.